The summed E-state index contributed by atoms with van der Waals surface area (Å²) in [7, 11) is 0. The second kappa shape index (κ2) is 11.3. The van der Waals surface area contributed by atoms with E-state index in [9.17, 15) is 18.0 Å². The highest BCUT2D eigenvalue weighted by Gasteiger charge is 2.30. The average molecular weight is 502 g/mol. The van der Waals surface area contributed by atoms with Gasteiger partial charge in [-0.3, -0.25) is 9.69 Å². The number of hydrogen-bond donors (Lipinski definition) is 1. The molecule has 1 unspecified atom stereocenters. The maximum atomic E-state index is 13.3. The van der Waals surface area contributed by atoms with Crippen LogP contribution in [0, 0.1) is 13.8 Å². The lowest BCUT2D eigenvalue weighted by Crippen LogP contribution is -2.32. The predicted octanol–water partition coefficient (Wildman–Crippen LogP) is 5.42. The lowest BCUT2D eigenvalue weighted by Gasteiger charge is -2.23. The van der Waals surface area contributed by atoms with Gasteiger partial charge >= 0.3 is 6.18 Å². The van der Waals surface area contributed by atoms with Crippen molar-refractivity contribution in [1.29, 1.82) is 0 Å². The van der Waals surface area contributed by atoms with Gasteiger partial charge in [0.1, 0.15) is 6.26 Å². The zero-order valence-electron chi connectivity index (χ0n) is 20.4. The van der Waals surface area contributed by atoms with Crippen molar-refractivity contribution < 1.29 is 27.1 Å². The van der Waals surface area contributed by atoms with Gasteiger partial charge in [0.25, 0.3) is 5.91 Å². The third-order valence-electron chi connectivity index (χ3n) is 6.22. The number of nitrogens with one attached hydrogen (secondary N) is 1. The van der Waals surface area contributed by atoms with Crippen LogP contribution in [-0.4, -0.2) is 35.0 Å². The van der Waals surface area contributed by atoms with Gasteiger partial charge in [-0.05, 0) is 49.4 Å². The van der Waals surface area contributed by atoms with Crippen molar-refractivity contribution in [3.05, 3.63) is 88.1 Å². The number of aromatic nitrogens is 1. The molecule has 36 heavy (non-hydrogen) atoms. The summed E-state index contributed by atoms with van der Waals surface area (Å²) in [5.41, 5.74) is 3.23. The van der Waals surface area contributed by atoms with Crippen molar-refractivity contribution in [2.75, 3.05) is 13.2 Å². The molecule has 0 bridgehead atoms. The van der Waals surface area contributed by atoms with Crippen LogP contribution in [0.15, 0.2) is 53.1 Å². The van der Waals surface area contributed by atoms with Crippen LogP contribution in [0.5, 0.6) is 0 Å². The lowest BCUT2D eigenvalue weighted by molar-refractivity contribution is -0.137. The van der Waals surface area contributed by atoms with Gasteiger partial charge in [-0.25, -0.2) is 4.98 Å². The standard InChI is InChI=1S/C27H30F3N3O3/c1-18-8-9-19(2)21(11-18)15-33(14-20-5-3-6-22(12-20)27(28,29)30)16-25-32-24(17-36-25)26(34)31-13-23-7-4-10-35-23/h3,5-6,8-9,11-12,17,23H,4,7,10,13-16H2,1-2H3,(H,31,34). The number of hydrogen-bond acceptors (Lipinski definition) is 5. The van der Waals surface area contributed by atoms with Crippen molar-refractivity contribution in [3.8, 4) is 0 Å². The molecule has 1 fully saturated rings. The number of rotatable bonds is 9. The van der Waals surface area contributed by atoms with Crippen molar-refractivity contribution in [3.63, 3.8) is 0 Å². The van der Waals surface area contributed by atoms with E-state index in [4.69, 9.17) is 9.15 Å². The van der Waals surface area contributed by atoms with E-state index >= 15 is 0 Å². The summed E-state index contributed by atoms with van der Waals surface area (Å²) < 4.78 is 50.8. The molecule has 2 heterocycles. The average Bonchev–Trinajstić information content (AvgIpc) is 3.52. The molecule has 1 amide bonds. The summed E-state index contributed by atoms with van der Waals surface area (Å²) in [6.07, 6.45) is -1.20. The lowest BCUT2D eigenvalue weighted by atomic mass is 10.0. The van der Waals surface area contributed by atoms with Gasteiger partial charge in [0.15, 0.2) is 5.69 Å². The molecular formula is C27H30F3N3O3. The monoisotopic (exact) mass is 501 g/mol. The molecule has 1 atom stereocenters. The molecule has 1 aliphatic heterocycles. The molecule has 0 spiro atoms. The Balaban J connectivity index is 1.50. The molecule has 1 N–H and O–H groups in total. The Morgan fingerprint density at radius 3 is 2.72 bits per heavy atom. The molecule has 0 saturated carbocycles. The third-order valence-corrected chi connectivity index (χ3v) is 6.22. The van der Waals surface area contributed by atoms with E-state index in [1.165, 1.54) is 12.3 Å². The van der Waals surface area contributed by atoms with Gasteiger partial charge in [0.05, 0.1) is 18.2 Å². The maximum Gasteiger partial charge on any atom is 0.416 e. The first-order valence-corrected chi connectivity index (χ1v) is 12.0. The molecule has 1 aromatic heterocycles. The third kappa shape index (κ3) is 6.95. The van der Waals surface area contributed by atoms with Gasteiger partial charge < -0.3 is 14.5 Å². The van der Waals surface area contributed by atoms with Crippen LogP contribution in [0.25, 0.3) is 0 Å². The van der Waals surface area contributed by atoms with Gasteiger partial charge in [0, 0.05) is 26.2 Å². The minimum absolute atomic E-state index is 0.0147. The van der Waals surface area contributed by atoms with E-state index in [1.807, 2.05) is 30.9 Å². The summed E-state index contributed by atoms with van der Waals surface area (Å²) in [6, 6.07) is 11.4. The maximum absolute atomic E-state index is 13.3. The number of amides is 1. The summed E-state index contributed by atoms with van der Waals surface area (Å²) in [5, 5.41) is 2.81. The Labute approximate surface area is 208 Å². The molecular weight excluding hydrogens is 471 g/mol. The van der Waals surface area contributed by atoms with Gasteiger partial charge in [-0.2, -0.15) is 13.2 Å². The Morgan fingerprint density at radius 2 is 1.97 bits per heavy atom. The molecule has 3 aromatic rings. The first-order valence-electron chi connectivity index (χ1n) is 12.0. The van der Waals surface area contributed by atoms with Crippen molar-refractivity contribution in [1.82, 2.24) is 15.2 Å². The van der Waals surface area contributed by atoms with Crippen LogP contribution in [-0.2, 0) is 30.5 Å². The van der Waals surface area contributed by atoms with Crippen LogP contribution >= 0.6 is 0 Å². The molecule has 192 valence electrons. The van der Waals surface area contributed by atoms with E-state index < -0.39 is 11.7 Å². The molecule has 1 saturated heterocycles. The second-order valence-electron chi connectivity index (χ2n) is 9.24. The van der Waals surface area contributed by atoms with E-state index in [0.717, 1.165) is 41.7 Å². The first-order chi connectivity index (χ1) is 17.2. The Morgan fingerprint density at radius 1 is 1.14 bits per heavy atom. The van der Waals surface area contributed by atoms with Crippen LogP contribution in [0.2, 0.25) is 0 Å². The molecule has 0 radical (unpaired) electrons. The summed E-state index contributed by atoms with van der Waals surface area (Å²) in [6.45, 7) is 6.07. The normalized spacial score (nSPS) is 16.0. The SMILES string of the molecule is Cc1ccc(C)c(CN(Cc2cccc(C(F)(F)F)c2)Cc2nc(C(=O)NCC3CCCO3)co2)c1. The van der Waals surface area contributed by atoms with Crippen molar-refractivity contribution in [2.45, 2.75) is 58.6 Å². The van der Waals surface area contributed by atoms with Crippen LogP contribution < -0.4 is 5.32 Å². The largest absolute Gasteiger partial charge is 0.447 e. The Bertz CT molecular complexity index is 1190. The van der Waals surface area contributed by atoms with Crippen LogP contribution in [0.1, 0.15) is 57.0 Å². The highest BCUT2D eigenvalue weighted by Crippen LogP contribution is 2.30. The first kappa shape index (κ1) is 25.9. The number of benzene rings is 2. The quantitative estimate of drug-likeness (QED) is 0.424. The van der Waals surface area contributed by atoms with Crippen LogP contribution in [0.3, 0.4) is 0 Å². The molecule has 1 aliphatic rings. The highest BCUT2D eigenvalue weighted by atomic mass is 19.4. The zero-order chi connectivity index (χ0) is 25.7. The van der Waals surface area contributed by atoms with Crippen LogP contribution in [0.4, 0.5) is 13.2 Å². The molecule has 2 aromatic carbocycles. The van der Waals surface area contributed by atoms with E-state index in [0.29, 0.717) is 31.2 Å². The molecule has 0 aliphatic carbocycles. The topological polar surface area (TPSA) is 67.6 Å². The number of halogens is 3. The number of carbonyl (C=O) groups excluding carboxylic acids is 1. The number of aryl methyl sites for hydroxylation is 2. The van der Waals surface area contributed by atoms with Gasteiger partial charge in [-0.1, -0.05) is 42.0 Å². The predicted molar refractivity (Wildman–Crippen MR) is 128 cm³/mol. The fourth-order valence-corrected chi connectivity index (χ4v) is 4.26. The fourth-order valence-electron chi connectivity index (χ4n) is 4.26. The minimum Gasteiger partial charge on any atom is -0.447 e. The fraction of sp³-hybridized carbons (Fsp3) is 0.407. The summed E-state index contributed by atoms with van der Waals surface area (Å²) >= 11 is 0. The molecule has 6 nitrogen and oxygen atoms in total. The molecule has 9 heteroatoms. The van der Waals surface area contributed by atoms with Crippen molar-refractivity contribution in [2.24, 2.45) is 0 Å². The van der Waals surface area contributed by atoms with Crippen molar-refractivity contribution >= 4 is 5.91 Å². The summed E-state index contributed by atoms with van der Waals surface area (Å²) in [4.78, 5) is 18.8. The summed E-state index contributed by atoms with van der Waals surface area (Å²) in [5.74, 6) is -0.0333. The minimum atomic E-state index is -4.41. The number of oxazole rings is 1. The van der Waals surface area contributed by atoms with E-state index in [1.54, 1.807) is 6.07 Å². The Hall–Kier alpha value is -3.17. The highest BCUT2D eigenvalue weighted by molar-refractivity contribution is 5.91. The number of carbonyl (C=O) groups is 1. The van der Waals surface area contributed by atoms with E-state index in [2.05, 4.69) is 16.4 Å². The smallest absolute Gasteiger partial charge is 0.416 e. The second-order valence-corrected chi connectivity index (χ2v) is 9.24. The van der Waals surface area contributed by atoms with Gasteiger partial charge in [-0.15, -0.1) is 0 Å². The Kier molecular flexibility index (Phi) is 8.11. The number of nitrogens with zero attached hydrogens (tertiary/aromatic N) is 2. The molecule has 4 rings (SSSR count). The number of alkyl halides is 3. The van der Waals surface area contributed by atoms with Gasteiger partial charge in [0.2, 0.25) is 5.89 Å². The van der Waals surface area contributed by atoms with E-state index in [-0.39, 0.29) is 30.8 Å². The number of ether oxygens (including phenoxy) is 1. The zero-order valence-corrected chi connectivity index (χ0v) is 20.4.